The van der Waals surface area contributed by atoms with Crippen LogP contribution in [-0.4, -0.2) is 16.5 Å². The number of halogens is 3. The molecule has 1 aromatic carbocycles. The highest BCUT2D eigenvalue weighted by Crippen LogP contribution is 2.13. The van der Waals surface area contributed by atoms with Gasteiger partial charge in [0.25, 0.3) is 0 Å². The average Bonchev–Trinajstić information content (AvgIpc) is 2.44. The van der Waals surface area contributed by atoms with Crippen LogP contribution < -0.4 is 11.1 Å². The summed E-state index contributed by atoms with van der Waals surface area (Å²) in [4.78, 5) is 8.35. The largest absolute Gasteiger partial charge is 0.330 e. The molecule has 0 unspecified atom stereocenters. The molecule has 0 spiro atoms. The highest BCUT2D eigenvalue weighted by Gasteiger charge is 1.97. The molecule has 2 rings (SSSR count). The van der Waals surface area contributed by atoms with Gasteiger partial charge in [-0.15, -0.1) is 24.8 Å². The fourth-order valence-corrected chi connectivity index (χ4v) is 1.47. The van der Waals surface area contributed by atoms with E-state index in [4.69, 9.17) is 5.73 Å². The Morgan fingerprint density at radius 2 is 1.71 bits per heavy atom. The number of anilines is 2. The van der Waals surface area contributed by atoms with Gasteiger partial charge in [-0.25, -0.2) is 14.4 Å². The Kier molecular flexibility index (Phi) is 9.28. The van der Waals surface area contributed by atoms with Gasteiger partial charge in [0.05, 0.1) is 0 Å². The van der Waals surface area contributed by atoms with Crippen LogP contribution in [0.5, 0.6) is 0 Å². The Hall–Kier alpha value is -1.69. The lowest BCUT2D eigenvalue weighted by Gasteiger charge is -2.04. The third-order valence-corrected chi connectivity index (χ3v) is 2.42. The van der Waals surface area contributed by atoms with E-state index in [1.54, 1.807) is 24.5 Å². The molecule has 0 radical (unpaired) electrons. The Balaban J connectivity index is 0.00000200. The molecule has 0 fully saturated rings. The van der Waals surface area contributed by atoms with Gasteiger partial charge in [0.2, 0.25) is 5.95 Å². The number of hydrogen-bond donors (Lipinski definition) is 2. The van der Waals surface area contributed by atoms with Crippen LogP contribution in [-0.2, 0) is 0 Å². The Labute approximate surface area is 135 Å². The van der Waals surface area contributed by atoms with Gasteiger partial charge < -0.3 is 11.1 Å². The van der Waals surface area contributed by atoms with Crippen molar-refractivity contribution in [3.8, 4) is 0 Å². The standard InChI is InChI=1S/C14H15FN4.2ClH/c15-12-4-6-13(7-5-12)19-14-17-9-11(10-18-14)3-1-2-8-16;;/h1,3-7,9-10H,2,8,16H2,(H,17,18,19);2*1H/b3-1+;;. The van der Waals surface area contributed by atoms with Crippen LogP contribution in [0.15, 0.2) is 42.7 Å². The third kappa shape index (κ3) is 6.53. The van der Waals surface area contributed by atoms with Gasteiger partial charge in [0.1, 0.15) is 5.82 Å². The first-order chi connectivity index (χ1) is 9.28. The minimum Gasteiger partial charge on any atom is -0.330 e. The molecule has 0 amide bonds. The summed E-state index contributed by atoms with van der Waals surface area (Å²) in [6.07, 6.45) is 8.16. The highest BCUT2D eigenvalue weighted by molar-refractivity contribution is 5.85. The Morgan fingerprint density at radius 1 is 1.10 bits per heavy atom. The molecule has 0 aliphatic heterocycles. The van der Waals surface area contributed by atoms with Crippen molar-refractivity contribution >= 4 is 42.5 Å². The number of hydrogen-bond acceptors (Lipinski definition) is 4. The quantitative estimate of drug-likeness (QED) is 0.879. The number of nitrogens with zero attached hydrogens (tertiary/aromatic N) is 2. The maximum absolute atomic E-state index is 12.8. The first-order valence-electron chi connectivity index (χ1n) is 5.99. The van der Waals surface area contributed by atoms with E-state index in [0.29, 0.717) is 12.5 Å². The van der Waals surface area contributed by atoms with Gasteiger partial charge in [-0.2, -0.15) is 0 Å². The van der Waals surface area contributed by atoms with Crippen molar-refractivity contribution in [2.75, 3.05) is 11.9 Å². The van der Waals surface area contributed by atoms with E-state index >= 15 is 0 Å². The van der Waals surface area contributed by atoms with E-state index in [-0.39, 0.29) is 30.6 Å². The van der Waals surface area contributed by atoms with Crippen LogP contribution in [0.25, 0.3) is 6.08 Å². The van der Waals surface area contributed by atoms with Crippen LogP contribution in [0.4, 0.5) is 16.0 Å². The molecule has 3 N–H and O–H groups in total. The monoisotopic (exact) mass is 330 g/mol. The second-order valence-electron chi connectivity index (χ2n) is 3.95. The predicted molar refractivity (Wildman–Crippen MR) is 88.9 cm³/mol. The first-order valence-corrected chi connectivity index (χ1v) is 5.99. The minimum absolute atomic E-state index is 0. The zero-order chi connectivity index (χ0) is 13.5. The van der Waals surface area contributed by atoms with Crippen molar-refractivity contribution in [1.29, 1.82) is 0 Å². The summed E-state index contributed by atoms with van der Waals surface area (Å²) >= 11 is 0. The van der Waals surface area contributed by atoms with Crippen molar-refractivity contribution in [2.24, 2.45) is 5.73 Å². The lowest BCUT2D eigenvalue weighted by atomic mass is 10.3. The van der Waals surface area contributed by atoms with Gasteiger partial charge in [-0.1, -0.05) is 12.2 Å². The van der Waals surface area contributed by atoms with Crippen LogP contribution in [0.2, 0.25) is 0 Å². The van der Waals surface area contributed by atoms with Gasteiger partial charge in [-0.3, -0.25) is 0 Å². The normalized spacial score (nSPS) is 9.81. The second-order valence-corrected chi connectivity index (χ2v) is 3.95. The van der Waals surface area contributed by atoms with Crippen LogP contribution in [0.3, 0.4) is 0 Å². The van der Waals surface area contributed by atoms with Crippen LogP contribution >= 0.6 is 24.8 Å². The topological polar surface area (TPSA) is 63.8 Å². The van der Waals surface area contributed by atoms with Gasteiger partial charge in [0, 0.05) is 23.6 Å². The lowest BCUT2D eigenvalue weighted by Crippen LogP contribution is -1.97. The maximum Gasteiger partial charge on any atom is 0.227 e. The molecule has 2 aromatic rings. The van der Waals surface area contributed by atoms with E-state index in [1.807, 2.05) is 12.2 Å². The third-order valence-electron chi connectivity index (χ3n) is 2.42. The first kappa shape index (κ1) is 19.3. The Bertz CT molecular complexity index is 544. The van der Waals surface area contributed by atoms with Crippen molar-refractivity contribution in [3.63, 3.8) is 0 Å². The Morgan fingerprint density at radius 3 is 2.29 bits per heavy atom. The maximum atomic E-state index is 12.8. The van der Waals surface area contributed by atoms with Crippen molar-refractivity contribution in [1.82, 2.24) is 9.97 Å². The molecular weight excluding hydrogens is 314 g/mol. The van der Waals surface area contributed by atoms with Crippen molar-refractivity contribution in [2.45, 2.75) is 6.42 Å². The summed E-state index contributed by atoms with van der Waals surface area (Å²) in [7, 11) is 0. The lowest BCUT2D eigenvalue weighted by molar-refractivity contribution is 0.628. The van der Waals surface area contributed by atoms with Gasteiger partial charge >= 0.3 is 0 Å². The second kappa shape index (κ2) is 10.1. The summed E-state index contributed by atoms with van der Waals surface area (Å²) in [5.41, 5.74) is 7.05. The highest BCUT2D eigenvalue weighted by atomic mass is 35.5. The number of nitrogens with two attached hydrogens (primary N) is 1. The van der Waals surface area contributed by atoms with Gasteiger partial charge in [-0.05, 0) is 37.2 Å². The van der Waals surface area contributed by atoms with E-state index in [2.05, 4.69) is 15.3 Å². The predicted octanol–water partition coefficient (Wildman–Crippen LogP) is 3.56. The summed E-state index contributed by atoms with van der Waals surface area (Å²) in [5.74, 6) is 0.203. The number of rotatable bonds is 5. The smallest absolute Gasteiger partial charge is 0.227 e. The average molecular weight is 331 g/mol. The molecule has 0 atom stereocenters. The molecule has 0 aliphatic rings. The molecule has 1 aromatic heterocycles. The summed E-state index contributed by atoms with van der Waals surface area (Å²) < 4.78 is 12.8. The molecule has 1 heterocycles. The van der Waals surface area contributed by atoms with E-state index in [0.717, 1.165) is 17.7 Å². The summed E-state index contributed by atoms with van der Waals surface area (Å²) in [5, 5.41) is 2.99. The molecule has 7 heteroatoms. The van der Waals surface area contributed by atoms with E-state index < -0.39 is 0 Å². The van der Waals surface area contributed by atoms with Crippen molar-refractivity contribution in [3.05, 3.63) is 54.1 Å². The molecular formula is C14H17Cl2FN4. The molecule has 0 aliphatic carbocycles. The molecule has 0 saturated carbocycles. The molecule has 4 nitrogen and oxygen atoms in total. The van der Waals surface area contributed by atoms with Crippen LogP contribution in [0, 0.1) is 5.82 Å². The van der Waals surface area contributed by atoms with Crippen LogP contribution in [0.1, 0.15) is 12.0 Å². The molecule has 0 saturated heterocycles. The van der Waals surface area contributed by atoms with E-state index in [9.17, 15) is 4.39 Å². The number of benzene rings is 1. The summed E-state index contributed by atoms with van der Waals surface area (Å²) in [6, 6.07) is 6.03. The molecule has 114 valence electrons. The SMILES string of the molecule is Cl.Cl.NCC/C=C/c1cnc(Nc2ccc(F)cc2)nc1. The van der Waals surface area contributed by atoms with Crippen molar-refractivity contribution < 1.29 is 4.39 Å². The molecule has 0 bridgehead atoms. The summed E-state index contributed by atoms with van der Waals surface area (Å²) in [6.45, 7) is 0.627. The fourth-order valence-electron chi connectivity index (χ4n) is 1.47. The number of nitrogens with one attached hydrogen (secondary N) is 1. The fraction of sp³-hybridized carbons (Fsp3) is 0.143. The zero-order valence-electron chi connectivity index (χ0n) is 11.2. The molecule has 21 heavy (non-hydrogen) atoms. The number of aromatic nitrogens is 2. The minimum atomic E-state index is -0.271. The van der Waals surface area contributed by atoms with Gasteiger partial charge in [0.15, 0.2) is 0 Å². The zero-order valence-corrected chi connectivity index (χ0v) is 12.8. The van der Waals surface area contributed by atoms with E-state index in [1.165, 1.54) is 12.1 Å².